The number of carbonyl (C=O) groups excluding carboxylic acids is 1. The van der Waals surface area contributed by atoms with Crippen LogP contribution in [0.3, 0.4) is 0 Å². The number of halogens is 1. The van der Waals surface area contributed by atoms with Crippen LogP contribution in [0.5, 0.6) is 5.88 Å². The number of anilines is 2. The number of aromatic nitrogens is 3. The van der Waals surface area contributed by atoms with Crippen LogP contribution >= 0.6 is 0 Å². The monoisotopic (exact) mass is 616 g/mol. The van der Waals surface area contributed by atoms with Gasteiger partial charge in [0, 0.05) is 43.2 Å². The van der Waals surface area contributed by atoms with E-state index >= 15 is 4.39 Å². The summed E-state index contributed by atoms with van der Waals surface area (Å²) in [5.41, 5.74) is 2.37. The van der Waals surface area contributed by atoms with Crippen LogP contribution in [0.1, 0.15) is 31.7 Å². The number of morpholine rings is 1. The molecular weight excluding hydrogens is 579 g/mol. The molecule has 14 heteroatoms. The predicted octanol–water partition coefficient (Wildman–Crippen LogP) is 3.21. The van der Waals surface area contributed by atoms with E-state index in [1.807, 2.05) is 4.90 Å². The van der Waals surface area contributed by atoms with Gasteiger partial charge in [0.05, 0.1) is 44.4 Å². The fraction of sp³-hybridized carbons (Fsp3) is 0.517. The van der Waals surface area contributed by atoms with Gasteiger partial charge in [-0.2, -0.15) is 0 Å². The van der Waals surface area contributed by atoms with Crippen molar-refractivity contribution < 1.29 is 31.8 Å². The molecule has 2 aliphatic heterocycles. The van der Waals surface area contributed by atoms with E-state index in [0.717, 1.165) is 32.2 Å². The molecule has 4 heterocycles. The van der Waals surface area contributed by atoms with Gasteiger partial charge in [0.15, 0.2) is 0 Å². The van der Waals surface area contributed by atoms with Gasteiger partial charge in [-0.25, -0.2) is 27.8 Å². The van der Waals surface area contributed by atoms with Crippen molar-refractivity contribution in [1.29, 1.82) is 0 Å². The SMILES string of the molecule is CCOC(=O)CC1CCN(Cc2cc(F)cc3c(-c4cnc(OC)c(NS(C)(=O)=O)c4)nc(N4CCOCC4)nc23)CC1. The topological polar surface area (TPSA) is 136 Å². The van der Waals surface area contributed by atoms with Crippen LogP contribution in [0.2, 0.25) is 0 Å². The first-order valence-electron chi connectivity index (χ1n) is 14.4. The Morgan fingerprint density at radius 1 is 1.14 bits per heavy atom. The summed E-state index contributed by atoms with van der Waals surface area (Å²) in [6.45, 7) is 6.43. The Morgan fingerprint density at radius 2 is 1.88 bits per heavy atom. The Balaban J connectivity index is 1.53. The molecular formula is C29H37FN6O6S. The third kappa shape index (κ3) is 7.67. The Hall–Kier alpha value is -3.62. The summed E-state index contributed by atoms with van der Waals surface area (Å²) in [7, 11) is -2.24. The molecule has 232 valence electrons. The van der Waals surface area contributed by atoms with Crippen LogP contribution in [0.25, 0.3) is 22.2 Å². The molecule has 2 aromatic heterocycles. The highest BCUT2D eigenvalue weighted by atomic mass is 32.2. The third-order valence-electron chi connectivity index (χ3n) is 7.60. The number of esters is 1. The van der Waals surface area contributed by atoms with E-state index in [2.05, 4.69) is 14.6 Å². The Bertz CT molecular complexity index is 1580. The molecule has 0 bridgehead atoms. The van der Waals surface area contributed by atoms with Gasteiger partial charge in [-0.15, -0.1) is 0 Å². The predicted molar refractivity (Wildman–Crippen MR) is 160 cm³/mol. The van der Waals surface area contributed by atoms with Gasteiger partial charge >= 0.3 is 5.97 Å². The number of fused-ring (bicyclic) bond motifs is 1. The van der Waals surface area contributed by atoms with Gasteiger partial charge in [-0.3, -0.25) is 14.4 Å². The Kier molecular flexibility index (Phi) is 9.57. The van der Waals surface area contributed by atoms with Gasteiger partial charge in [0.1, 0.15) is 11.5 Å². The van der Waals surface area contributed by atoms with Crippen LogP contribution in [-0.4, -0.2) is 93.6 Å². The zero-order chi connectivity index (χ0) is 30.6. The number of carbonyl (C=O) groups is 1. The number of hydrogen-bond donors (Lipinski definition) is 1. The molecule has 12 nitrogen and oxygen atoms in total. The number of sulfonamides is 1. The maximum absolute atomic E-state index is 15.2. The molecule has 0 amide bonds. The second kappa shape index (κ2) is 13.3. The van der Waals surface area contributed by atoms with E-state index in [9.17, 15) is 13.2 Å². The molecule has 2 aliphatic rings. The molecule has 2 fully saturated rings. The second-order valence-corrected chi connectivity index (χ2v) is 12.6. The number of nitrogens with one attached hydrogen (secondary N) is 1. The molecule has 0 aliphatic carbocycles. The summed E-state index contributed by atoms with van der Waals surface area (Å²) in [5.74, 6) is 0.234. The quantitative estimate of drug-likeness (QED) is 0.336. The van der Waals surface area contributed by atoms with Crippen molar-refractivity contribution in [2.75, 3.05) is 69.0 Å². The molecule has 0 unspecified atom stereocenters. The maximum Gasteiger partial charge on any atom is 0.306 e. The molecule has 2 saturated heterocycles. The summed E-state index contributed by atoms with van der Waals surface area (Å²) >= 11 is 0. The summed E-state index contributed by atoms with van der Waals surface area (Å²) in [6, 6.07) is 4.49. The minimum atomic E-state index is -3.64. The Morgan fingerprint density at radius 3 is 2.56 bits per heavy atom. The Labute approximate surface area is 250 Å². The van der Waals surface area contributed by atoms with Crippen molar-refractivity contribution in [3.05, 3.63) is 35.8 Å². The smallest absolute Gasteiger partial charge is 0.306 e. The number of benzene rings is 1. The number of likely N-dealkylation sites (tertiary alicyclic amines) is 1. The van der Waals surface area contributed by atoms with Gasteiger partial charge in [-0.05, 0) is 62.5 Å². The first-order valence-corrected chi connectivity index (χ1v) is 16.3. The minimum Gasteiger partial charge on any atom is -0.480 e. The van der Waals surface area contributed by atoms with Crippen molar-refractivity contribution >= 4 is 38.5 Å². The average molecular weight is 617 g/mol. The zero-order valence-electron chi connectivity index (χ0n) is 24.6. The zero-order valence-corrected chi connectivity index (χ0v) is 25.5. The number of pyridine rings is 1. The lowest BCUT2D eigenvalue weighted by Gasteiger charge is -2.32. The second-order valence-electron chi connectivity index (χ2n) is 10.8. The van der Waals surface area contributed by atoms with Crippen LogP contribution in [-0.2, 0) is 30.8 Å². The van der Waals surface area contributed by atoms with Crippen LogP contribution in [0.15, 0.2) is 24.4 Å². The molecule has 1 aromatic carbocycles. The van der Waals surface area contributed by atoms with Crippen molar-refractivity contribution in [2.24, 2.45) is 5.92 Å². The first-order chi connectivity index (χ1) is 20.6. The van der Waals surface area contributed by atoms with Crippen LogP contribution in [0, 0.1) is 11.7 Å². The summed E-state index contributed by atoms with van der Waals surface area (Å²) in [5, 5.41) is 0.487. The minimum absolute atomic E-state index is 0.0965. The van der Waals surface area contributed by atoms with Gasteiger partial charge in [0.2, 0.25) is 21.9 Å². The van der Waals surface area contributed by atoms with E-state index in [1.165, 1.54) is 25.4 Å². The van der Waals surface area contributed by atoms with Gasteiger partial charge < -0.3 is 19.1 Å². The average Bonchev–Trinajstić information content (AvgIpc) is 2.97. The van der Waals surface area contributed by atoms with E-state index in [0.29, 0.717) is 79.5 Å². The number of ether oxygens (including phenoxy) is 3. The summed E-state index contributed by atoms with van der Waals surface area (Å²) in [6.07, 6.45) is 4.67. The van der Waals surface area contributed by atoms with E-state index < -0.39 is 15.8 Å². The van der Waals surface area contributed by atoms with Gasteiger partial charge in [-0.1, -0.05) is 0 Å². The largest absolute Gasteiger partial charge is 0.480 e. The van der Waals surface area contributed by atoms with E-state index in [1.54, 1.807) is 13.0 Å². The number of piperidine rings is 1. The highest BCUT2D eigenvalue weighted by Crippen LogP contribution is 2.35. The van der Waals surface area contributed by atoms with Crippen LogP contribution < -0.4 is 14.4 Å². The van der Waals surface area contributed by atoms with Gasteiger partial charge in [0.25, 0.3) is 0 Å². The number of nitrogens with zero attached hydrogens (tertiary/aromatic N) is 5. The third-order valence-corrected chi connectivity index (χ3v) is 8.19. The molecule has 0 spiro atoms. The fourth-order valence-electron chi connectivity index (χ4n) is 5.56. The highest BCUT2D eigenvalue weighted by Gasteiger charge is 2.25. The number of hydrogen-bond acceptors (Lipinski definition) is 11. The molecule has 5 rings (SSSR count). The van der Waals surface area contributed by atoms with Crippen molar-refractivity contribution in [2.45, 2.75) is 32.7 Å². The molecule has 3 aromatic rings. The molecule has 43 heavy (non-hydrogen) atoms. The van der Waals surface area contributed by atoms with Crippen LogP contribution in [0.4, 0.5) is 16.0 Å². The van der Waals surface area contributed by atoms with Crippen molar-refractivity contribution in [3.63, 3.8) is 0 Å². The lowest BCUT2D eigenvalue weighted by molar-refractivity contribution is -0.144. The summed E-state index contributed by atoms with van der Waals surface area (Å²) < 4.78 is 57.7. The van der Waals surface area contributed by atoms with Crippen molar-refractivity contribution in [1.82, 2.24) is 19.9 Å². The molecule has 1 N–H and O–H groups in total. The van der Waals surface area contributed by atoms with E-state index in [4.69, 9.17) is 24.2 Å². The summed E-state index contributed by atoms with van der Waals surface area (Å²) in [4.78, 5) is 30.3. The number of rotatable bonds is 10. The number of methoxy groups -OCH3 is 1. The molecule has 0 atom stereocenters. The van der Waals surface area contributed by atoms with E-state index in [-0.39, 0.29) is 23.5 Å². The maximum atomic E-state index is 15.2. The fourth-order valence-corrected chi connectivity index (χ4v) is 6.11. The van der Waals surface area contributed by atoms with Crippen molar-refractivity contribution in [3.8, 4) is 17.1 Å². The normalized spacial score (nSPS) is 16.8. The highest BCUT2D eigenvalue weighted by molar-refractivity contribution is 7.92. The standard InChI is InChI=1S/C29H37FN6O6S/c1-4-42-25(37)13-19-5-7-35(8-6-19)18-21-14-22(30)16-23-26(32-29(33-27(21)23)36-9-11-41-12-10-36)20-15-24(34-43(3,38)39)28(40-2)31-17-20/h14-17,19,34H,4-13,18H2,1-3H3. The molecule has 0 saturated carbocycles. The first kappa shape index (κ1) is 30.8. The lowest BCUT2D eigenvalue weighted by Crippen LogP contribution is -2.37. The molecule has 0 radical (unpaired) electrons. The lowest BCUT2D eigenvalue weighted by atomic mass is 9.93.